The zero-order chi connectivity index (χ0) is 26.9. The first-order chi connectivity index (χ1) is 17.5. The lowest BCUT2D eigenvalue weighted by atomic mass is 10.1. The molecule has 37 heavy (non-hydrogen) atoms. The lowest BCUT2D eigenvalue weighted by molar-refractivity contribution is -0.385. The van der Waals surface area contributed by atoms with Gasteiger partial charge in [0.2, 0.25) is 10.0 Å². The molecule has 15 heteroatoms. The van der Waals surface area contributed by atoms with Crippen LogP contribution in [0.3, 0.4) is 0 Å². The third-order valence-electron chi connectivity index (χ3n) is 6.46. The van der Waals surface area contributed by atoms with Gasteiger partial charge in [0, 0.05) is 63.0 Å². The summed E-state index contributed by atoms with van der Waals surface area (Å²) in [7, 11) is -1.55. The molecule has 3 heterocycles. The number of rotatable bonds is 6. The molecule has 1 aromatic heterocycles. The number of likely N-dealkylation sites (N-methyl/N-ethyl adjacent to an activating group) is 1. The van der Waals surface area contributed by atoms with Crippen LogP contribution in [0.15, 0.2) is 18.2 Å². The SMILES string of the molecule is CCOC(=O)n1nc(NC(=O)c2ccc(N3CCN(C)CC3)cc2[N+](=O)[O-])c2c1CCN(S(C)(=O)=O)C2. The first-order valence-electron chi connectivity index (χ1n) is 11.8. The van der Waals surface area contributed by atoms with Crippen LogP contribution in [0.2, 0.25) is 0 Å². The molecule has 2 aliphatic heterocycles. The Labute approximate surface area is 214 Å². The lowest BCUT2D eigenvalue weighted by Gasteiger charge is -2.34. The highest BCUT2D eigenvalue weighted by Crippen LogP contribution is 2.30. The third-order valence-corrected chi connectivity index (χ3v) is 7.70. The molecule has 14 nitrogen and oxygen atoms in total. The second-order valence-corrected chi connectivity index (χ2v) is 10.9. The molecule has 200 valence electrons. The van der Waals surface area contributed by atoms with Gasteiger partial charge in [0.25, 0.3) is 11.6 Å². The monoisotopic (exact) mass is 535 g/mol. The Morgan fingerprint density at radius 3 is 2.51 bits per heavy atom. The predicted molar refractivity (Wildman–Crippen MR) is 134 cm³/mol. The van der Waals surface area contributed by atoms with Gasteiger partial charge in [0.15, 0.2) is 5.82 Å². The molecule has 2 aromatic rings. The fourth-order valence-corrected chi connectivity index (χ4v) is 5.20. The number of fused-ring (bicyclic) bond motifs is 1. The first-order valence-corrected chi connectivity index (χ1v) is 13.6. The molecule has 0 unspecified atom stereocenters. The quantitative estimate of drug-likeness (QED) is 0.419. The molecule has 0 spiro atoms. The number of anilines is 2. The van der Waals surface area contributed by atoms with Crippen molar-refractivity contribution >= 4 is 39.2 Å². The summed E-state index contributed by atoms with van der Waals surface area (Å²) in [5.41, 5.74) is 0.830. The molecule has 0 atom stereocenters. The van der Waals surface area contributed by atoms with E-state index in [1.54, 1.807) is 13.0 Å². The average molecular weight is 536 g/mol. The maximum absolute atomic E-state index is 13.2. The second kappa shape index (κ2) is 10.4. The van der Waals surface area contributed by atoms with Crippen molar-refractivity contribution in [2.75, 3.05) is 62.9 Å². The van der Waals surface area contributed by atoms with E-state index >= 15 is 0 Å². The molecule has 0 bridgehead atoms. The van der Waals surface area contributed by atoms with Crippen LogP contribution >= 0.6 is 0 Å². The van der Waals surface area contributed by atoms with E-state index in [0.717, 1.165) is 24.0 Å². The van der Waals surface area contributed by atoms with Crippen molar-refractivity contribution < 1.29 is 27.7 Å². The number of amides is 1. The fourth-order valence-electron chi connectivity index (χ4n) is 4.41. The molecule has 4 rings (SSSR count). The Balaban J connectivity index is 1.66. The van der Waals surface area contributed by atoms with E-state index < -0.39 is 26.9 Å². The third kappa shape index (κ3) is 5.57. The zero-order valence-electron chi connectivity index (χ0n) is 20.8. The molecule has 1 aromatic carbocycles. The maximum atomic E-state index is 13.2. The number of nitro groups is 1. The summed E-state index contributed by atoms with van der Waals surface area (Å²) >= 11 is 0. The predicted octanol–water partition coefficient (Wildman–Crippen LogP) is 1.12. The van der Waals surface area contributed by atoms with Crippen LogP contribution in [0.1, 0.15) is 28.5 Å². The molecule has 1 fully saturated rings. The Bertz CT molecular complexity index is 1330. The van der Waals surface area contributed by atoms with Gasteiger partial charge in [-0.2, -0.15) is 8.99 Å². The second-order valence-electron chi connectivity index (χ2n) is 8.93. The molecular weight excluding hydrogens is 506 g/mol. The van der Waals surface area contributed by atoms with Crippen LogP contribution in [-0.4, -0.2) is 97.0 Å². The van der Waals surface area contributed by atoms with Gasteiger partial charge in [-0.15, -0.1) is 5.10 Å². The van der Waals surface area contributed by atoms with Crippen molar-refractivity contribution in [3.05, 3.63) is 45.1 Å². The number of hydrogen-bond acceptors (Lipinski definition) is 10. The highest BCUT2D eigenvalue weighted by atomic mass is 32.2. The number of hydrogen-bond donors (Lipinski definition) is 1. The van der Waals surface area contributed by atoms with Gasteiger partial charge in [0.1, 0.15) is 5.56 Å². The van der Waals surface area contributed by atoms with Gasteiger partial charge in [-0.05, 0) is 26.1 Å². The van der Waals surface area contributed by atoms with Gasteiger partial charge >= 0.3 is 6.09 Å². The number of benzene rings is 1. The van der Waals surface area contributed by atoms with E-state index in [-0.39, 0.29) is 43.2 Å². The van der Waals surface area contributed by atoms with E-state index in [2.05, 4.69) is 15.3 Å². The number of sulfonamides is 1. The van der Waals surface area contributed by atoms with Gasteiger partial charge < -0.3 is 19.9 Å². The normalized spacial score (nSPS) is 16.8. The minimum absolute atomic E-state index is 0.0566. The molecule has 0 aliphatic carbocycles. The molecule has 1 amide bonds. The number of carbonyl (C=O) groups excluding carboxylic acids is 2. The summed E-state index contributed by atoms with van der Waals surface area (Å²) in [6.45, 7) is 4.77. The minimum atomic E-state index is -3.55. The summed E-state index contributed by atoms with van der Waals surface area (Å²) in [6.07, 6.45) is 0.468. The lowest BCUT2D eigenvalue weighted by Crippen LogP contribution is -2.44. The van der Waals surface area contributed by atoms with Crippen LogP contribution < -0.4 is 10.2 Å². The summed E-state index contributed by atoms with van der Waals surface area (Å²) in [4.78, 5) is 41.1. The molecule has 1 N–H and O–H groups in total. The largest absolute Gasteiger partial charge is 0.448 e. The van der Waals surface area contributed by atoms with Crippen LogP contribution in [-0.2, 0) is 27.7 Å². The molecule has 0 radical (unpaired) electrons. The molecule has 2 aliphatic rings. The van der Waals surface area contributed by atoms with Crippen LogP contribution in [0, 0.1) is 10.1 Å². The number of nitro benzene ring substituents is 1. The van der Waals surface area contributed by atoms with Gasteiger partial charge in [-0.25, -0.2) is 13.2 Å². The summed E-state index contributed by atoms with van der Waals surface area (Å²) in [5.74, 6) is -0.858. The first kappa shape index (κ1) is 26.5. The smallest absolute Gasteiger partial charge is 0.434 e. The van der Waals surface area contributed by atoms with Gasteiger partial charge in [-0.3, -0.25) is 14.9 Å². The van der Waals surface area contributed by atoms with E-state index in [0.29, 0.717) is 30.0 Å². The number of piperazine rings is 1. The number of aromatic nitrogens is 2. The van der Waals surface area contributed by atoms with Crippen LogP contribution in [0.25, 0.3) is 0 Å². The maximum Gasteiger partial charge on any atom is 0.434 e. The highest BCUT2D eigenvalue weighted by Gasteiger charge is 2.33. The number of nitrogens with one attached hydrogen (secondary N) is 1. The Kier molecular flexibility index (Phi) is 7.47. The average Bonchev–Trinajstić information content (AvgIpc) is 3.21. The van der Waals surface area contributed by atoms with Gasteiger partial charge in [-0.1, -0.05) is 0 Å². The van der Waals surface area contributed by atoms with Crippen molar-refractivity contribution in [1.29, 1.82) is 0 Å². The van der Waals surface area contributed by atoms with Crippen molar-refractivity contribution in [2.45, 2.75) is 19.9 Å². The van der Waals surface area contributed by atoms with Crippen molar-refractivity contribution in [1.82, 2.24) is 19.0 Å². The number of nitrogens with zero attached hydrogens (tertiary/aromatic N) is 6. The fraction of sp³-hybridized carbons (Fsp3) is 0.500. The topological polar surface area (TPSA) is 160 Å². The van der Waals surface area contributed by atoms with Crippen molar-refractivity contribution in [2.24, 2.45) is 0 Å². The summed E-state index contributed by atoms with van der Waals surface area (Å²) in [6, 6.07) is 4.42. The molecule has 0 saturated carbocycles. The highest BCUT2D eigenvalue weighted by molar-refractivity contribution is 7.88. The number of carbonyl (C=O) groups is 2. The van der Waals surface area contributed by atoms with Crippen molar-refractivity contribution in [3.8, 4) is 0 Å². The summed E-state index contributed by atoms with van der Waals surface area (Å²) in [5, 5.41) is 18.6. The molecular formula is C22H29N7O7S. The zero-order valence-corrected chi connectivity index (χ0v) is 21.7. The number of ether oxygens (including phenoxy) is 1. The minimum Gasteiger partial charge on any atom is -0.448 e. The van der Waals surface area contributed by atoms with E-state index in [9.17, 15) is 28.1 Å². The van der Waals surface area contributed by atoms with E-state index in [4.69, 9.17) is 4.74 Å². The Morgan fingerprint density at radius 1 is 1.19 bits per heavy atom. The van der Waals surface area contributed by atoms with Crippen LogP contribution in [0.4, 0.5) is 22.0 Å². The van der Waals surface area contributed by atoms with Crippen LogP contribution in [0.5, 0.6) is 0 Å². The molecule has 1 saturated heterocycles. The summed E-state index contributed by atoms with van der Waals surface area (Å²) < 4.78 is 31.5. The van der Waals surface area contributed by atoms with E-state index in [1.807, 2.05) is 11.9 Å². The van der Waals surface area contributed by atoms with Crippen molar-refractivity contribution in [3.63, 3.8) is 0 Å². The Hall–Kier alpha value is -3.56. The standard InChI is InChI=1S/C22H29N7O7S/c1-4-36-22(31)28-18-7-8-27(37(3,34)35)14-17(18)20(24-28)23-21(30)16-6-5-15(13-19(16)29(32)33)26-11-9-25(2)10-12-26/h5-6,13H,4,7-12,14H2,1-3H3,(H,23,24,30). The Morgan fingerprint density at radius 2 is 1.89 bits per heavy atom. The van der Waals surface area contributed by atoms with Gasteiger partial charge in [0.05, 0.1) is 23.5 Å². The van der Waals surface area contributed by atoms with E-state index in [1.165, 1.54) is 16.4 Å².